The number of rotatable bonds is 54. The first-order valence-corrected chi connectivity index (χ1v) is 29.3. The Kier molecular flexibility index (Phi) is 53.7. The van der Waals surface area contributed by atoms with Gasteiger partial charge in [-0.2, -0.15) is 0 Å². The van der Waals surface area contributed by atoms with Crippen molar-refractivity contribution in [2.75, 3.05) is 13.2 Å². The minimum absolute atomic E-state index is 0.0733. The first-order valence-electron chi connectivity index (χ1n) is 29.3. The van der Waals surface area contributed by atoms with E-state index in [0.29, 0.717) is 19.3 Å². The van der Waals surface area contributed by atoms with Crippen molar-refractivity contribution < 1.29 is 28.6 Å². The fraction of sp³-hybridized carbons (Fsp3) is 0.883. The quantitative estimate of drug-likeness (QED) is 0.0262. The van der Waals surface area contributed by atoms with Crippen molar-refractivity contribution in [2.45, 2.75) is 329 Å². The average molecular weight is 930 g/mol. The maximum absolute atomic E-state index is 12.8. The van der Waals surface area contributed by atoms with Crippen LogP contribution in [-0.2, 0) is 28.6 Å². The van der Waals surface area contributed by atoms with Crippen LogP contribution in [0.1, 0.15) is 323 Å². The number of carbonyl (C=O) groups is 3. The Morgan fingerprint density at radius 2 is 0.530 bits per heavy atom. The smallest absolute Gasteiger partial charge is 0.306 e. The molecule has 388 valence electrons. The summed E-state index contributed by atoms with van der Waals surface area (Å²) in [6.45, 7) is 6.59. The third-order valence-electron chi connectivity index (χ3n) is 13.2. The van der Waals surface area contributed by atoms with Crippen molar-refractivity contribution in [3.05, 3.63) is 24.3 Å². The van der Waals surface area contributed by atoms with Gasteiger partial charge >= 0.3 is 17.9 Å². The molecule has 66 heavy (non-hydrogen) atoms. The molecule has 0 aromatic carbocycles. The summed E-state index contributed by atoms with van der Waals surface area (Å²) in [5.74, 6) is -0.877. The molecule has 0 N–H and O–H groups in total. The van der Waals surface area contributed by atoms with E-state index in [0.717, 1.165) is 77.0 Å². The summed E-state index contributed by atoms with van der Waals surface area (Å²) in [7, 11) is 0. The molecule has 0 amide bonds. The monoisotopic (exact) mass is 929 g/mol. The molecule has 1 atom stereocenters. The van der Waals surface area contributed by atoms with Gasteiger partial charge in [0, 0.05) is 19.3 Å². The summed E-state index contributed by atoms with van der Waals surface area (Å²) >= 11 is 0. The van der Waals surface area contributed by atoms with Gasteiger partial charge in [0.2, 0.25) is 0 Å². The van der Waals surface area contributed by atoms with Gasteiger partial charge in [0.05, 0.1) is 0 Å². The van der Waals surface area contributed by atoms with Gasteiger partial charge in [-0.15, -0.1) is 0 Å². The van der Waals surface area contributed by atoms with Crippen molar-refractivity contribution in [2.24, 2.45) is 0 Å². The summed E-state index contributed by atoms with van der Waals surface area (Å²) in [5, 5.41) is 0. The highest BCUT2D eigenvalue weighted by atomic mass is 16.6. The minimum atomic E-state index is -0.774. The van der Waals surface area contributed by atoms with Crippen LogP contribution in [0, 0.1) is 0 Å². The molecule has 6 heteroatoms. The molecule has 0 aliphatic rings. The van der Waals surface area contributed by atoms with Crippen LogP contribution in [0.3, 0.4) is 0 Å². The molecule has 0 spiro atoms. The molecule has 0 rings (SSSR count). The minimum Gasteiger partial charge on any atom is -0.462 e. The lowest BCUT2D eigenvalue weighted by molar-refractivity contribution is -0.167. The zero-order valence-electron chi connectivity index (χ0n) is 44.5. The third kappa shape index (κ3) is 52.9. The van der Waals surface area contributed by atoms with E-state index < -0.39 is 6.10 Å². The predicted molar refractivity (Wildman–Crippen MR) is 284 cm³/mol. The van der Waals surface area contributed by atoms with Crippen LogP contribution in [0.5, 0.6) is 0 Å². The van der Waals surface area contributed by atoms with Gasteiger partial charge in [-0.05, 0) is 64.2 Å². The molecule has 0 aromatic rings. The van der Waals surface area contributed by atoms with Crippen LogP contribution in [-0.4, -0.2) is 37.2 Å². The van der Waals surface area contributed by atoms with Crippen LogP contribution in [0.4, 0.5) is 0 Å². The van der Waals surface area contributed by atoms with Crippen LogP contribution in [0.2, 0.25) is 0 Å². The van der Waals surface area contributed by atoms with Crippen molar-refractivity contribution in [3.8, 4) is 0 Å². The molecular weight excluding hydrogens is 817 g/mol. The van der Waals surface area contributed by atoms with Gasteiger partial charge in [-0.3, -0.25) is 14.4 Å². The Morgan fingerprint density at radius 1 is 0.288 bits per heavy atom. The maximum atomic E-state index is 12.8. The molecule has 0 aliphatic carbocycles. The van der Waals surface area contributed by atoms with Gasteiger partial charge in [0.25, 0.3) is 0 Å². The molecule has 0 saturated carbocycles. The zero-order chi connectivity index (χ0) is 47.9. The largest absolute Gasteiger partial charge is 0.462 e. The number of hydrogen-bond donors (Lipinski definition) is 0. The van der Waals surface area contributed by atoms with Gasteiger partial charge in [0.15, 0.2) is 6.10 Å². The fourth-order valence-corrected chi connectivity index (χ4v) is 8.74. The molecule has 0 heterocycles. The van der Waals surface area contributed by atoms with Crippen molar-refractivity contribution in [1.29, 1.82) is 0 Å². The Labute approximate surface area is 411 Å². The maximum Gasteiger partial charge on any atom is 0.306 e. The number of esters is 3. The van der Waals surface area contributed by atoms with Gasteiger partial charge in [-0.1, -0.05) is 263 Å². The van der Waals surface area contributed by atoms with Crippen LogP contribution >= 0.6 is 0 Å². The lowest BCUT2D eigenvalue weighted by Crippen LogP contribution is -2.30. The Balaban J connectivity index is 4.14. The Bertz CT molecular complexity index is 1070. The van der Waals surface area contributed by atoms with Crippen LogP contribution in [0.25, 0.3) is 0 Å². The first-order chi connectivity index (χ1) is 32.5. The predicted octanol–water partition coefficient (Wildman–Crippen LogP) is 19.5. The standard InChI is InChI=1S/C60H112O6/c1-4-7-10-13-16-19-22-24-25-26-27-28-29-30-31-32-33-34-35-37-38-41-44-47-50-53-59(62)65-56-57(55-64-58(61)52-49-46-43-40-21-18-15-12-9-6-3)66-60(63)54-51-48-45-42-39-36-23-20-17-14-11-8-5-2/h12,15,20,23,57H,4-11,13-14,16-19,21-22,24-56H2,1-3H3/b15-12-,23-20-. The average Bonchev–Trinajstić information content (AvgIpc) is 3.31. The highest BCUT2D eigenvalue weighted by molar-refractivity contribution is 5.71. The van der Waals surface area contributed by atoms with E-state index in [1.165, 1.54) is 205 Å². The molecule has 0 saturated heterocycles. The number of unbranched alkanes of at least 4 members (excludes halogenated alkanes) is 39. The molecular formula is C60H112O6. The molecule has 0 aliphatic heterocycles. The second-order valence-electron chi connectivity index (χ2n) is 19.9. The number of hydrogen-bond acceptors (Lipinski definition) is 6. The van der Waals surface area contributed by atoms with Crippen LogP contribution in [0.15, 0.2) is 24.3 Å². The molecule has 0 radical (unpaired) electrons. The van der Waals surface area contributed by atoms with E-state index in [1.54, 1.807) is 0 Å². The lowest BCUT2D eigenvalue weighted by Gasteiger charge is -2.18. The van der Waals surface area contributed by atoms with Gasteiger partial charge < -0.3 is 14.2 Å². The van der Waals surface area contributed by atoms with E-state index in [-0.39, 0.29) is 31.1 Å². The van der Waals surface area contributed by atoms with E-state index >= 15 is 0 Å². The van der Waals surface area contributed by atoms with Crippen molar-refractivity contribution >= 4 is 17.9 Å². The second kappa shape index (κ2) is 55.5. The summed E-state index contributed by atoms with van der Waals surface area (Å²) in [6.07, 6.45) is 64.8. The zero-order valence-corrected chi connectivity index (χ0v) is 44.5. The van der Waals surface area contributed by atoms with Gasteiger partial charge in [0.1, 0.15) is 13.2 Å². The molecule has 1 unspecified atom stereocenters. The summed E-state index contributed by atoms with van der Waals surface area (Å²) < 4.78 is 16.8. The van der Waals surface area contributed by atoms with Crippen LogP contribution < -0.4 is 0 Å². The number of ether oxygens (including phenoxy) is 3. The van der Waals surface area contributed by atoms with Gasteiger partial charge in [-0.25, -0.2) is 0 Å². The first kappa shape index (κ1) is 63.9. The number of carbonyl (C=O) groups excluding carboxylic acids is 3. The van der Waals surface area contributed by atoms with Crippen molar-refractivity contribution in [3.63, 3.8) is 0 Å². The highest BCUT2D eigenvalue weighted by Gasteiger charge is 2.19. The Morgan fingerprint density at radius 3 is 0.833 bits per heavy atom. The third-order valence-corrected chi connectivity index (χ3v) is 13.2. The van der Waals surface area contributed by atoms with E-state index in [2.05, 4.69) is 45.1 Å². The number of allylic oxidation sites excluding steroid dienone is 4. The fourth-order valence-electron chi connectivity index (χ4n) is 8.74. The topological polar surface area (TPSA) is 78.9 Å². The molecule has 6 nitrogen and oxygen atoms in total. The van der Waals surface area contributed by atoms with E-state index in [4.69, 9.17) is 14.2 Å². The normalized spacial score (nSPS) is 12.1. The molecule has 0 aromatic heterocycles. The second-order valence-corrected chi connectivity index (χ2v) is 19.9. The lowest BCUT2D eigenvalue weighted by atomic mass is 10.0. The Hall–Kier alpha value is -2.11. The molecule has 0 bridgehead atoms. The van der Waals surface area contributed by atoms with Crippen molar-refractivity contribution in [1.82, 2.24) is 0 Å². The highest BCUT2D eigenvalue weighted by Crippen LogP contribution is 2.17. The summed E-state index contributed by atoms with van der Waals surface area (Å²) in [4.78, 5) is 38.0. The van der Waals surface area contributed by atoms with E-state index in [1.807, 2.05) is 0 Å². The van der Waals surface area contributed by atoms with E-state index in [9.17, 15) is 14.4 Å². The summed E-state index contributed by atoms with van der Waals surface area (Å²) in [5.41, 5.74) is 0. The summed E-state index contributed by atoms with van der Waals surface area (Å²) in [6, 6.07) is 0. The molecule has 0 fully saturated rings. The SMILES string of the molecule is CCC/C=C\CCCCCCCC(=O)OCC(COC(=O)CCCCCCCCCCCCCCCCCCCCCCCCCCC)OC(=O)CCCCCCC/C=C\CCCCCC.